The molecule has 0 aliphatic rings. The number of carbonyl (C=O) groups is 1. The number of amides is 1. The van der Waals surface area contributed by atoms with Crippen molar-refractivity contribution in [3.05, 3.63) is 60.2 Å². The molecule has 0 saturated heterocycles. The first-order valence-electron chi connectivity index (χ1n) is 7.41. The molecule has 0 aliphatic heterocycles. The van der Waals surface area contributed by atoms with Crippen LogP contribution in [0.3, 0.4) is 0 Å². The fraction of sp³-hybridized carbons (Fsp3) is 0.278. The molecular formula is C18H22N2O2. The summed E-state index contributed by atoms with van der Waals surface area (Å²) in [6, 6.07) is 16.7. The highest BCUT2D eigenvalue weighted by Gasteiger charge is 2.19. The van der Waals surface area contributed by atoms with Crippen molar-refractivity contribution in [2.45, 2.75) is 19.4 Å². The second-order valence-corrected chi connectivity index (χ2v) is 5.12. The first kappa shape index (κ1) is 16.0. The van der Waals surface area contributed by atoms with E-state index < -0.39 is 6.04 Å². The highest BCUT2D eigenvalue weighted by molar-refractivity contribution is 5.96. The molecule has 1 atom stereocenters. The van der Waals surface area contributed by atoms with Crippen LogP contribution in [0.15, 0.2) is 54.6 Å². The van der Waals surface area contributed by atoms with Gasteiger partial charge in [-0.15, -0.1) is 0 Å². The quantitative estimate of drug-likeness (QED) is 0.892. The van der Waals surface area contributed by atoms with Gasteiger partial charge in [-0.2, -0.15) is 0 Å². The fourth-order valence-electron chi connectivity index (χ4n) is 2.26. The number of nitrogens with zero attached hydrogens (tertiary/aromatic N) is 1. The zero-order valence-corrected chi connectivity index (χ0v) is 13.0. The monoisotopic (exact) mass is 298 g/mol. The van der Waals surface area contributed by atoms with Gasteiger partial charge in [0.15, 0.2) is 0 Å². The summed E-state index contributed by atoms with van der Waals surface area (Å²) >= 11 is 0. The van der Waals surface area contributed by atoms with Crippen LogP contribution in [0.1, 0.15) is 12.5 Å². The molecule has 0 radical (unpaired) electrons. The fourth-order valence-corrected chi connectivity index (χ4v) is 2.26. The lowest BCUT2D eigenvalue weighted by molar-refractivity contribution is -0.119. The van der Waals surface area contributed by atoms with Crippen LogP contribution in [0, 0.1) is 0 Å². The molecule has 4 nitrogen and oxygen atoms in total. The minimum atomic E-state index is -0.557. The summed E-state index contributed by atoms with van der Waals surface area (Å²) in [7, 11) is 1.74. The second-order valence-electron chi connectivity index (χ2n) is 5.12. The van der Waals surface area contributed by atoms with Crippen molar-refractivity contribution in [1.82, 2.24) is 0 Å². The maximum absolute atomic E-state index is 12.4. The largest absolute Gasteiger partial charge is 0.494 e. The van der Waals surface area contributed by atoms with E-state index in [1.165, 1.54) is 0 Å². The van der Waals surface area contributed by atoms with Crippen molar-refractivity contribution in [3.63, 3.8) is 0 Å². The Morgan fingerprint density at radius 3 is 2.36 bits per heavy atom. The van der Waals surface area contributed by atoms with E-state index in [0.717, 1.165) is 17.0 Å². The number of hydrogen-bond donors (Lipinski definition) is 1. The van der Waals surface area contributed by atoms with Crippen LogP contribution in [-0.4, -0.2) is 25.6 Å². The lowest BCUT2D eigenvalue weighted by Crippen LogP contribution is -2.43. The van der Waals surface area contributed by atoms with Crippen LogP contribution in [0.25, 0.3) is 0 Å². The Hall–Kier alpha value is -2.33. The predicted octanol–water partition coefficient (Wildman–Crippen LogP) is 2.62. The normalized spacial score (nSPS) is 11.8. The average molecular weight is 298 g/mol. The molecule has 2 rings (SSSR count). The molecule has 2 N–H and O–H groups in total. The van der Waals surface area contributed by atoms with Crippen molar-refractivity contribution >= 4 is 11.6 Å². The van der Waals surface area contributed by atoms with Crippen molar-refractivity contribution in [2.75, 3.05) is 18.6 Å². The first-order chi connectivity index (χ1) is 10.6. The minimum absolute atomic E-state index is 0.104. The molecule has 116 valence electrons. The van der Waals surface area contributed by atoms with E-state index in [1.54, 1.807) is 11.9 Å². The third kappa shape index (κ3) is 4.09. The summed E-state index contributed by atoms with van der Waals surface area (Å²) in [4.78, 5) is 14.0. The van der Waals surface area contributed by atoms with E-state index in [4.69, 9.17) is 10.5 Å². The smallest absolute Gasteiger partial charge is 0.243 e. The summed E-state index contributed by atoms with van der Waals surface area (Å²) in [5.74, 6) is 0.689. The van der Waals surface area contributed by atoms with Crippen LogP contribution >= 0.6 is 0 Å². The van der Waals surface area contributed by atoms with Crippen LogP contribution < -0.4 is 15.4 Å². The third-order valence-corrected chi connectivity index (χ3v) is 3.48. The molecule has 22 heavy (non-hydrogen) atoms. The van der Waals surface area contributed by atoms with E-state index in [9.17, 15) is 4.79 Å². The van der Waals surface area contributed by atoms with Gasteiger partial charge in [0, 0.05) is 12.7 Å². The highest BCUT2D eigenvalue weighted by atomic mass is 16.5. The molecule has 0 aliphatic carbocycles. The van der Waals surface area contributed by atoms with Gasteiger partial charge >= 0.3 is 0 Å². The number of ether oxygens (including phenoxy) is 1. The molecule has 0 unspecified atom stereocenters. The Morgan fingerprint density at radius 1 is 1.14 bits per heavy atom. The Labute approximate surface area is 131 Å². The topological polar surface area (TPSA) is 55.6 Å². The molecule has 2 aromatic carbocycles. The zero-order chi connectivity index (χ0) is 15.9. The van der Waals surface area contributed by atoms with Crippen molar-refractivity contribution in [1.29, 1.82) is 0 Å². The second kappa shape index (κ2) is 7.61. The van der Waals surface area contributed by atoms with Crippen LogP contribution in [0.4, 0.5) is 5.69 Å². The maximum Gasteiger partial charge on any atom is 0.243 e. The molecule has 2 aromatic rings. The molecular weight excluding hydrogens is 276 g/mol. The minimum Gasteiger partial charge on any atom is -0.494 e. The van der Waals surface area contributed by atoms with Gasteiger partial charge in [-0.25, -0.2) is 0 Å². The summed E-state index contributed by atoms with van der Waals surface area (Å²) in [5, 5.41) is 0. The van der Waals surface area contributed by atoms with Gasteiger partial charge in [0.2, 0.25) is 5.91 Å². The number of hydrogen-bond acceptors (Lipinski definition) is 3. The zero-order valence-electron chi connectivity index (χ0n) is 13.0. The molecule has 0 saturated carbocycles. The van der Waals surface area contributed by atoms with Crippen LogP contribution in [-0.2, 0) is 11.2 Å². The Morgan fingerprint density at radius 2 is 1.77 bits per heavy atom. The molecule has 1 amide bonds. The molecule has 0 bridgehead atoms. The van der Waals surface area contributed by atoms with Gasteiger partial charge in [-0.1, -0.05) is 30.3 Å². The summed E-state index contributed by atoms with van der Waals surface area (Å²) < 4.78 is 5.40. The molecule has 0 heterocycles. The lowest BCUT2D eigenvalue weighted by atomic mass is 10.1. The van der Waals surface area contributed by atoms with Crippen molar-refractivity contribution in [2.24, 2.45) is 5.73 Å². The SMILES string of the molecule is CCOc1ccc(N(C)C(=O)[C@@H](N)Cc2ccccc2)cc1. The Kier molecular flexibility index (Phi) is 5.55. The van der Waals surface area contributed by atoms with Gasteiger partial charge in [0.05, 0.1) is 12.6 Å². The van der Waals surface area contributed by atoms with Gasteiger partial charge < -0.3 is 15.4 Å². The Bertz CT molecular complexity index is 596. The van der Waals surface area contributed by atoms with Crippen molar-refractivity contribution < 1.29 is 9.53 Å². The highest BCUT2D eigenvalue weighted by Crippen LogP contribution is 2.19. The number of carbonyl (C=O) groups excluding carboxylic acids is 1. The van der Waals surface area contributed by atoms with Crippen molar-refractivity contribution in [3.8, 4) is 5.75 Å². The van der Waals surface area contributed by atoms with Gasteiger partial charge in [0.25, 0.3) is 0 Å². The summed E-state index contributed by atoms with van der Waals surface area (Å²) in [6.07, 6.45) is 0.529. The van der Waals surface area contributed by atoms with Crippen LogP contribution in [0.2, 0.25) is 0 Å². The average Bonchev–Trinajstić information content (AvgIpc) is 2.55. The lowest BCUT2D eigenvalue weighted by Gasteiger charge is -2.21. The molecule has 0 fully saturated rings. The molecule has 4 heteroatoms. The first-order valence-corrected chi connectivity index (χ1v) is 7.41. The molecule has 0 aromatic heterocycles. The van der Waals surface area contributed by atoms with E-state index >= 15 is 0 Å². The van der Waals surface area contributed by atoms with E-state index in [-0.39, 0.29) is 5.91 Å². The third-order valence-electron chi connectivity index (χ3n) is 3.48. The number of anilines is 1. The van der Waals surface area contributed by atoms with E-state index in [2.05, 4.69) is 0 Å². The van der Waals surface area contributed by atoms with Gasteiger partial charge in [-0.3, -0.25) is 4.79 Å². The number of benzene rings is 2. The maximum atomic E-state index is 12.4. The number of likely N-dealkylation sites (N-methyl/N-ethyl adjacent to an activating group) is 1. The van der Waals surface area contributed by atoms with Crippen LogP contribution in [0.5, 0.6) is 5.75 Å². The predicted molar refractivity (Wildman–Crippen MR) is 89.1 cm³/mol. The molecule has 0 spiro atoms. The van der Waals surface area contributed by atoms with Gasteiger partial charge in [-0.05, 0) is 43.2 Å². The summed E-state index contributed by atoms with van der Waals surface area (Å²) in [6.45, 7) is 2.56. The number of rotatable bonds is 6. The summed E-state index contributed by atoms with van der Waals surface area (Å²) in [5.41, 5.74) is 7.91. The standard InChI is InChI=1S/C18H22N2O2/c1-3-22-16-11-9-15(10-12-16)20(2)18(21)17(19)13-14-7-5-4-6-8-14/h4-12,17H,3,13,19H2,1-2H3/t17-/m0/s1. The Balaban J connectivity index is 2.01. The van der Waals surface area contributed by atoms with E-state index in [1.807, 2.05) is 61.5 Å². The number of nitrogens with two attached hydrogens (primary N) is 1. The van der Waals surface area contributed by atoms with Gasteiger partial charge in [0.1, 0.15) is 5.75 Å². The van der Waals surface area contributed by atoms with E-state index in [0.29, 0.717) is 13.0 Å².